The molecule has 0 spiro atoms. The molecule has 0 unspecified atom stereocenters. The van der Waals surface area contributed by atoms with Crippen molar-refractivity contribution in [2.24, 2.45) is 5.73 Å². The average Bonchev–Trinajstić information content (AvgIpc) is 2.84. The summed E-state index contributed by atoms with van der Waals surface area (Å²) in [4.78, 5) is 4.74. The Kier molecular flexibility index (Phi) is 3.72. The minimum atomic E-state index is 0.681. The molecule has 2 heterocycles. The van der Waals surface area contributed by atoms with Crippen molar-refractivity contribution < 1.29 is 0 Å². The van der Waals surface area contributed by atoms with E-state index in [0.717, 1.165) is 34.8 Å². The number of benzene rings is 1. The van der Waals surface area contributed by atoms with Gasteiger partial charge >= 0.3 is 0 Å². The third kappa shape index (κ3) is 2.42. The molecule has 20 heavy (non-hydrogen) atoms. The van der Waals surface area contributed by atoms with Crippen molar-refractivity contribution in [1.82, 2.24) is 9.38 Å². The molecule has 0 aliphatic carbocycles. The third-order valence-corrected chi connectivity index (χ3v) is 3.62. The summed E-state index contributed by atoms with van der Waals surface area (Å²) in [5, 5.41) is 0.737. The predicted octanol–water partition coefficient (Wildman–Crippen LogP) is 3.55. The first-order chi connectivity index (χ1) is 9.79. The molecule has 0 fully saturated rings. The quantitative estimate of drug-likeness (QED) is 0.797. The van der Waals surface area contributed by atoms with Gasteiger partial charge in [-0.05, 0) is 43.7 Å². The number of fused-ring (bicyclic) bond motifs is 1. The van der Waals surface area contributed by atoms with Gasteiger partial charge in [-0.3, -0.25) is 0 Å². The monoisotopic (exact) mass is 285 g/mol. The molecular formula is C16H16ClN3. The highest BCUT2D eigenvalue weighted by atomic mass is 35.5. The zero-order valence-electron chi connectivity index (χ0n) is 11.1. The first kappa shape index (κ1) is 13.2. The summed E-state index contributed by atoms with van der Waals surface area (Å²) in [6, 6.07) is 13.9. The number of imidazole rings is 1. The number of rotatable bonds is 4. The van der Waals surface area contributed by atoms with Gasteiger partial charge in [0.1, 0.15) is 5.65 Å². The Bertz CT molecular complexity index is 716. The standard InChI is InChI=1S/C16H16ClN3/c17-13-8-6-12(7-9-13)16-14(4-3-10-18)20-11-2-1-5-15(20)19-16/h1-2,5-9,11H,3-4,10,18H2. The van der Waals surface area contributed by atoms with Crippen molar-refractivity contribution in [2.45, 2.75) is 12.8 Å². The number of pyridine rings is 1. The van der Waals surface area contributed by atoms with E-state index in [1.165, 1.54) is 5.69 Å². The van der Waals surface area contributed by atoms with Crippen LogP contribution in [0.5, 0.6) is 0 Å². The number of hydrogen-bond acceptors (Lipinski definition) is 2. The minimum absolute atomic E-state index is 0.681. The van der Waals surface area contributed by atoms with Crippen LogP contribution in [0.4, 0.5) is 0 Å². The van der Waals surface area contributed by atoms with Gasteiger partial charge in [0.05, 0.1) is 11.4 Å². The Balaban J connectivity index is 2.15. The van der Waals surface area contributed by atoms with Gasteiger partial charge in [-0.1, -0.05) is 29.8 Å². The van der Waals surface area contributed by atoms with Gasteiger partial charge in [0.15, 0.2) is 0 Å². The summed E-state index contributed by atoms with van der Waals surface area (Å²) in [5.41, 5.74) is 9.92. The van der Waals surface area contributed by atoms with E-state index >= 15 is 0 Å². The maximum absolute atomic E-state index is 5.96. The summed E-state index contributed by atoms with van der Waals surface area (Å²) in [7, 11) is 0. The summed E-state index contributed by atoms with van der Waals surface area (Å²) in [5.74, 6) is 0. The number of aryl methyl sites for hydroxylation is 1. The van der Waals surface area contributed by atoms with Gasteiger partial charge in [0.2, 0.25) is 0 Å². The van der Waals surface area contributed by atoms with Crippen LogP contribution in [0.25, 0.3) is 16.9 Å². The summed E-state index contributed by atoms with van der Waals surface area (Å²) >= 11 is 5.96. The second-order valence-electron chi connectivity index (χ2n) is 4.74. The highest BCUT2D eigenvalue weighted by Crippen LogP contribution is 2.26. The smallest absolute Gasteiger partial charge is 0.137 e. The lowest BCUT2D eigenvalue weighted by Crippen LogP contribution is -2.03. The molecule has 3 rings (SSSR count). The van der Waals surface area contributed by atoms with Crippen LogP contribution in [-0.2, 0) is 6.42 Å². The van der Waals surface area contributed by atoms with Gasteiger partial charge in [-0.25, -0.2) is 4.98 Å². The van der Waals surface area contributed by atoms with Crippen LogP contribution in [0.3, 0.4) is 0 Å². The Morgan fingerprint density at radius 3 is 2.65 bits per heavy atom. The summed E-state index contributed by atoms with van der Waals surface area (Å²) < 4.78 is 2.14. The van der Waals surface area contributed by atoms with Crippen LogP contribution in [-0.4, -0.2) is 15.9 Å². The van der Waals surface area contributed by atoms with Crippen molar-refractivity contribution in [1.29, 1.82) is 0 Å². The Morgan fingerprint density at radius 1 is 1.10 bits per heavy atom. The highest BCUT2D eigenvalue weighted by molar-refractivity contribution is 6.30. The van der Waals surface area contributed by atoms with Gasteiger partial charge in [-0.2, -0.15) is 0 Å². The molecule has 0 atom stereocenters. The van der Waals surface area contributed by atoms with Gasteiger partial charge in [0, 0.05) is 16.8 Å². The van der Waals surface area contributed by atoms with Gasteiger partial charge < -0.3 is 10.1 Å². The molecule has 0 amide bonds. The first-order valence-corrected chi connectivity index (χ1v) is 7.09. The average molecular weight is 286 g/mol. The highest BCUT2D eigenvalue weighted by Gasteiger charge is 2.13. The molecule has 0 aliphatic rings. The second kappa shape index (κ2) is 5.65. The Morgan fingerprint density at radius 2 is 1.90 bits per heavy atom. The van der Waals surface area contributed by atoms with E-state index in [1.807, 2.05) is 48.7 Å². The largest absolute Gasteiger partial charge is 0.330 e. The van der Waals surface area contributed by atoms with E-state index in [4.69, 9.17) is 22.3 Å². The Labute approximate surface area is 123 Å². The molecule has 4 heteroatoms. The zero-order chi connectivity index (χ0) is 13.9. The van der Waals surface area contributed by atoms with Crippen LogP contribution >= 0.6 is 11.6 Å². The molecule has 0 saturated heterocycles. The fraction of sp³-hybridized carbons (Fsp3) is 0.188. The lowest BCUT2D eigenvalue weighted by atomic mass is 10.1. The maximum Gasteiger partial charge on any atom is 0.137 e. The lowest BCUT2D eigenvalue weighted by molar-refractivity contribution is 0.804. The topological polar surface area (TPSA) is 43.3 Å². The van der Waals surface area contributed by atoms with Crippen LogP contribution in [0.15, 0.2) is 48.7 Å². The van der Waals surface area contributed by atoms with Crippen LogP contribution < -0.4 is 5.73 Å². The van der Waals surface area contributed by atoms with E-state index in [9.17, 15) is 0 Å². The molecule has 102 valence electrons. The van der Waals surface area contributed by atoms with Gasteiger partial charge in [-0.15, -0.1) is 0 Å². The molecule has 0 aliphatic heterocycles. The molecule has 0 bridgehead atoms. The maximum atomic E-state index is 5.96. The molecule has 2 aromatic heterocycles. The normalized spacial score (nSPS) is 11.1. The SMILES string of the molecule is NCCCc1c(-c2ccc(Cl)cc2)nc2ccccn12. The second-order valence-corrected chi connectivity index (χ2v) is 5.17. The van der Waals surface area contributed by atoms with E-state index < -0.39 is 0 Å². The fourth-order valence-electron chi connectivity index (χ4n) is 2.39. The van der Waals surface area contributed by atoms with Gasteiger partial charge in [0.25, 0.3) is 0 Å². The van der Waals surface area contributed by atoms with Crippen molar-refractivity contribution in [3.8, 4) is 11.3 Å². The van der Waals surface area contributed by atoms with Crippen molar-refractivity contribution in [3.63, 3.8) is 0 Å². The van der Waals surface area contributed by atoms with Crippen molar-refractivity contribution in [2.75, 3.05) is 6.54 Å². The Hall–Kier alpha value is -1.84. The lowest BCUT2D eigenvalue weighted by Gasteiger charge is -2.04. The number of aromatic nitrogens is 2. The van der Waals surface area contributed by atoms with Crippen molar-refractivity contribution >= 4 is 17.2 Å². The van der Waals surface area contributed by atoms with E-state index in [1.54, 1.807) is 0 Å². The fourth-order valence-corrected chi connectivity index (χ4v) is 2.52. The molecule has 2 N–H and O–H groups in total. The number of halogens is 1. The molecular weight excluding hydrogens is 270 g/mol. The van der Waals surface area contributed by atoms with Crippen LogP contribution in [0.1, 0.15) is 12.1 Å². The molecule has 1 aromatic carbocycles. The van der Waals surface area contributed by atoms with E-state index in [2.05, 4.69) is 4.40 Å². The molecule has 3 aromatic rings. The zero-order valence-corrected chi connectivity index (χ0v) is 11.8. The van der Waals surface area contributed by atoms with E-state index in [-0.39, 0.29) is 0 Å². The molecule has 0 saturated carbocycles. The number of hydrogen-bond donors (Lipinski definition) is 1. The molecule has 0 radical (unpaired) electrons. The van der Waals surface area contributed by atoms with Crippen LogP contribution in [0, 0.1) is 0 Å². The summed E-state index contributed by atoms with van der Waals surface area (Å²) in [6.45, 7) is 0.681. The first-order valence-electron chi connectivity index (χ1n) is 6.71. The number of nitrogens with zero attached hydrogens (tertiary/aromatic N) is 2. The summed E-state index contributed by atoms with van der Waals surface area (Å²) in [6.07, 6.45) is 3.91. The van der Waals surface area contributed by atoms with Crippen molar-refractivity contribution in [3.05, 3.63) is 59.4 Å². The van der Waals surface area contributed by atoms with Crippen LogP contribution in [0.2, 0.25) is 5.02 Å². The third-order valence-electron chi connectivity index (χ3n) is 3.36. The predicted molar refractivity (Wildman–Crippen MR) is 83.0 cm³/mol. The number of nitrogens with two attached hydrogens (primary N) is 1. The minimum Gasteiger partial charge on any atom is -0.330 e. The van der Waals surface area contributed by atoms with E-state index in [0.29, 0.717) is 6.54 Å². The molecule has 3 nitrogen and oxygen atoms in total.